The number of para-hydroxylation sites is 1. The van der Waals surface area contributed by atoms with Crippen molar-refractivity contribution in [1.82, 2.24) is 5.32 Å². The van der Waals surface area contributed by atoms with Gasteiger partial charge in [0.2, 0.25) is 0 Å². The number of hydrogen-bond acceptors (Lipinski definition) is 3. The molecule has 2 aromatic rings. The van der Waals surface area contributed by atoms with Gasteiger partial charge < -0.3 is 15.0 Å². The quantitative estimate of drug-likeness (QED) is 0.808. The smallest absolute Gasteiger partial charge is 0.261 e. The van der Waals surface area contributed by atoms with Gasteiger partial charge in [-0.25, -0.2) is 0 Å². The molecular formula is C20H26N2O2. The van der Waals surface area contributed by atoms with Gasteiger partial charge in [-0.15, -0.1) is 0 Å². The van der Waals surface area contributed by atoms with Crippen molar-refractivity contribution >= 4 is 11.6 Å². The van der Waals surface area contributed by atoms with Crippen molar-refractivity contribution in [2.75, 3.05) is 25.0 Å². The minimum Gasteiger partial charge on any atom is -0.481 e. The number of likely N-dealkylation sites (N-methyl/N-ethyl adjacent to an activating group) is 1. The van der Waals surface area contributed by atoms with Gasteiger partial charge >= 0.3 is 0 Å². The van der Waals surface area contributed by atoms with E-state index >= 15 is 0 Å². The molecule has 24 heavy (non-hydrogen) atoms. The number of anilines is 1. The van der Waals surface area contributed by atoms with Crippen LogP contribution in [0.2, 0.25) is 0 Å². The Kier molecular flexibility index (Phi) is 6.67. The van der Waals surface area contributed by atoms with Crippen molar-refractivity contribution in [3.8, 4) is 5.75 Å². The zero-order valence-electron chi connectivity index (χ0n) is 14.7. The molecule has 0 heterocycles. The molecule has 0 aliphatic carbocycles. The van der Waals surface area contributed by atoms with Crippen LogP contribution in [0.25, 0.3) is 0 Å². The summed E-state index contributed by atoms with van der Waals surface area (Å²) < 4.78 is 5.82. The third kappa shape index (κ3) is 5.30. The number of aryl methyl sites for hydroxylation is 1. The predicted octanol–water partition coefficient (Wildman–Crippen LogP) is 3.41. The van der Waals surface area contributed by atoms with Crippen molar-refractivity contribution < 1.29 is 9.53 Å². The first kappa shape index (κ1) is 17.9. The summed E-state index contributed by atoms with van der Waals surface area (Å²) in [4.78, 5) is 14.4. The van der Waals surface area contributed by atoms with Crippen molar-refractivity contribution in [1.29, 1.82) is 0 Å². The number of carbonyl (C=O) groups is 1. The molecule has 1 N–H and O–H groups in total. The average molecular weight is 326 g/mol. The fourth-order valence-corrected chi connectivity index (χ4v) is 2.45. The molecule has 4 nitrogen and oxygen atoms in total. The summed E-state index contributed by atoms with van der Waals surface area (Å²) in [6.45, 7) is 5.29. The predicted molar refractivity (Wildman–Crippen MR) is 98.6 cm³/mol. The highest BCUT2D eigenvalue weighted by Gasteiger charge is 2.18. The Hall–Kier alpha value is -2.49. The van der Waals surface area contributed by atoms with E-state index in [0.29, 0.717) is 13.0 Å². The number of rotatable bonds is 8. The molecule has 2 rings (SSSR count). The van der Waals surface area contributed by atoms with E-state index in [1.165, 1.54) is 0 Å². The summed E-state index contributed by atoms with van der Waals surface area (Å²) in [6, 6.07) is 17.9. The highest BCUT2D eigenvalue weighted by Crippen LogP contribution is 2.15. The van der Waals surface area contributed by atoms with Gasteiger partial charge in [0, 0.05) is 25.8 Å². The molecule has 0 aromatic heterocycles. The number of hydrogen-bond donors (Lipinski definition) is 1. The fourth-order valence-electron chi connectivity index (χ4n) is 2.45. The van der Waals surface area contributed by atoms with Gasteiger partial charge in [0.1, 0.15) is 5.75 Å². The van der Waals surface area contributed by atoms with Crippen molar-refractivity contribution in [3.05, 3.63) is 60.2 Å². The zero-order valence-corrected chi connectivity index (χ0v) is 14.7. The Morgan fingerprint density at radius 3 is 2.58 bits per heavy atom. The average Bonchev–Trinajstić information content (AvgIpc) is 2.60. The second-order valence-electron chi connectivity index (χ2n) is 5.88. The maximum Gasteiger partial charge on any atom is 0.261 e. The molecule has 4 heteroatoms. The van der Waals surface area contributed by atoms with Crippen LogP contribution in [-0.4, -0.2) is 32.1 Å². The van der Waals surface area contributed by atoms with E-state index in [1.54, 1.807) is 0 Å². The molecule has 0 radical (unpaired) electrons. The van der Waals surface area contributed by atoms with E-state index < -0.39 is 6.10 Å². The van der Waals surface area contributed by atoms with Crippen LogP contribution in [0.4, 0.5) is 5.69 Å². The lowest BCUT2D eigenvalue weighted by Gasteiger charge is -2.21. The summed E-state index contributed by atoms with van der Waals surface area (Å²) in [6.07, 6.45) is 0.169. The van der Waals surface area contributed by atoms with E-state index in [9.17, 15) is 4.79 Å². The van der Waals surface area contributed by atoms with Crippen LogP contribution in [0.15, 0.2) is 54.6 Å². The summed E-state index contributed by atoms with van der Waals surface area (Å²) in [5.74, 6) is 0.666. The summed E-state index contributed by atoms with van der Waals surface area (Å²) in [5, 5.41) is 2.96. The number of ether oxygens (including phenoxy) is 1. The lowest BCUT2D eigenvalue weighted by Crippen LogP contribution is -2.41. The maximum absolute atomic E-state index is 12.3. The van der Waals surface area contributed by atoms with Crippen molar-refractivity contribution in [2.45, 2.75) is 26.4 Å². The molecule has 0 unspecified atom stereocenters. The molecule has 0 saturated heterocycles. The molecule has 1 amide bonds. The van der Waals surface area contributed by atoms with Gasteiger partial charge in [-0.05, 0) is 43.2 Å². The van der Waals surface area contributed by atoms with Crippen LogP contribution in [0.3, 0.4) is 0 Å². The molecule has 0 saturated carbocycles. The summed E-state index contributed by atoms with van der Waals surface area (Å²) in [7, 11) is 2.02. The molecule has 0 bridgehead atoms. The normalized spacial score (nSPS) is 11.6. The second kappa shape index (κ2) is 8.96. The third-order valence-corrected chi connectivity index (χ3v) is 3.87. The van der Waals surface area contributed by atoms with E-state index in [4.69, 9.17) is 4.74 Å². The van der Waals surface area contributed by atoms with Crippen molar-refractivity contribution in [2.24, 2.45) is 0 Å². The molecule has 0 spiro atoms. The van der Waals surface area contributed by atoms with Gasteiger partial charge in [0.05, 0.1) is 0 Å². The van der Waals surface area contributed by atoms with Gasteiger partial charge in [0.15, 0.2) is 6.10 Å². The van der Waals surface area contributed by atoms with Crippen molar-refractivity contribution in [3.63, 3.8) is 0 Å². The highest BCUT2D eigenvalue weighted by atomic mass is 16.5. The van der Waals surface area contributed by atoms with E-state index in [-0.39, 0.29) is 5.91 Å². The van der Waals surface area contributed by atoms with Crippen LogP contribution in [0.5, 0.6) is 5.75 Å². The first-order chi connectivity index (χ1) is 11.6. The number of nitrogens with one attached hydrogen (secondary N) is 1. The van der Waals surface area contributed by atoms with Crippen LogP contribution in [-0.2, 0) is 4.79 Å². The molecule has 0 aliphatic rings. The van der Waals surface area contributed by atoms with Gasteiger partial charge in [-0.1, -0.05) is 37.3 Å². The Bertz CT molecular complexity index is 643. The SMILES string of the molecule is CC[C@@H](Oc1cccc(C)c1)C(=O)NCCN(C)c1ccccc1. The minimum absolute atomic E-state index is 0.0690. The summed E-state index contributed by atoms with van der Waals surface area (Å²) in [5.41, 5.74) is 2.25. The van der Waals surface area contributed by atoms with E-state index in [0.717, 1.165) is 23.5 Å². The zero-order chi connectivity index (χ0) is 17.4. The van der Waals surface area contributed by atoms with E-state index in [1.807, 2.05) is 63.4 Å². The Morgan fingerprint density at radius 1 is 1.17 bits per heavy atom. The topological polar surface area (TPSA) is 41.6 Å². The van der Waals surface area contributed by atoms with E-state index in [2.05, 4.69) is 22.3 Å². The third-order valence-electron chi connectivity index (χ3n) is 3.87. The van der Waals surface area contributed by atoms with Gasteiger partial charge in [-0.2, -0.15) is 0 Å². The number of nitrogens with zero attached hydrogens (tertiary/aromatic N) is 1. The standard InChI is InChI=1S/C20H26N2O2/c1-4-19(24-18-12-8-9-16(2)15-18)20(23)21-13-14-22(3)17-10-6-5-7-11-17/h5-12,15,19H,4,13-14H2,1-3H3,(H,21,23)/t19-/m1/s1. The first-order valence-corrected chi connectivity index (χ1v) is 8.37. The number of benzene rings is 2. The molecule has 1 atom stereocenters. The monoisotopic (exact) mass is 326 g/mol. The van der Waals surface area contributed by atoms with Crippen LogP contribution < -0.4 is 15.0 Å². The lowest BCUT2D eigenvalue weighted by atomic mass is 10.2. The Labute approximate surface area is 144 Å². The lowest BCUT2D eigenvalue weighted by molar-refractivity contribution is -0.128. The van der Waals surface area contributed by atoms with Crippen LogP contribution in [0, 0.1) is 6.92 Å². The molecular weight excluding hydrogens is 300 g/mol. The molecule has 128 valence electrons. The van der Waals surface area contributed by atoms with Gasteiger partial charge in [0.25, 0.3) is 5.91 Å². The summed E-state index contributed by atoms with van der Waals surface area (Å²) >= 11 is 0. The number of amides is 1. The molecule has 0 aliphatic heterocycles. The minimum atomic E-state index is -0.464. The van der Waals surface area contributed by atoms with Gasteiger partial charge in [-0.3, -0.25) is 4.79 Å². The molecule has 0 fully saturated rings. The first-order valence-electron chi connectivity index (χ1n) is 8.37. The van der Waals surface area contributed by atoms with Crippen LogP contribution in [0.1, 0.15) is 18.9 Å². The largest absolute Gasteiger partial charge is 0.481 e. The van der Waals surface area contributed by atoms with Crippen LogP contribution >= 0.6 is 0 Å². The maximum atomic E-state index is 12.3. The Balaban J connectivity index is 1.81. The second-order valence-corrected chi connectivity index (χ2v) is 5.88. The Morgan fingerprint density at radius 2 is 1.92 bits per heavy atom. The molecule has 2 aromatic carbocycles. The number of carbonyl (C=O) groups excluding carboxylic acids is 1. The highest BCUT2D eigenvalue weighted by molar-refractivity contribution is 5.81. The fraction of sp³-hybridized carbons (Fsp3) is 0.350.